The predicted molar refractivity (Wildman–Crippen MR) is 44.6 cm³/mol. The highest BCUT2D eigenvalue weighted by molar-refractivity contribution is 4.96. The van der Waals surface area contributed by atoms with E-state index in [4.69, 9.17) is 4.74 Å². The van der Waals surface area contributed by atoms with Crippen LogP contribution in [0.15, 0.2) is 0 Å². The Kier molecular flexibility index (Phi) is 2.14. The van der Waals surface area contributed by atoms with Crippen LogP contribution in [0.3, 0.4) is 0 Å². The van der Waals surface area contributed by atoms with Gasteiger partial charge in [-0.1, -0.05) is 0 Å². The molecule has 2 aliphatic heterocycles. The van der Waals surface area contributed by atoms with Crippen LogP contribution in [0.25, 0.3) is 0 Å². The lowest BCUT2D eigenvalue weighted by Gasteiger charge is -2.44. The Morgan fingerprint density at radius 2 is 1.91 bits per heavy atom. The average molecular weight is 155 g/mol. The van der Waals surface area contributed by atoms with Gasteiger partial charge in [0.25, 0.3) is 0 Å². The van der Waals surface area contributed by atoms with E-state index in [2.05, 4.69) is 5.32 Å². The molecule has 0 saturated carbocycles. The largest absolute Gasteiger partial charge is 0.381 e. The standard InChI is InChI=1S/C9H17NO/c1-2-7-11-8-5-9(3-1)4-6-10-9/h10H,1-8H2. The van der Waals surface area contributed by atoms with E-state index in [1.165, 1.54) is 38.6 Å². The van der Waals surface area contributed by atoms with Gasteiger partial charge < -0.3 is 10.1 Å². The number of nitrogens with one attached hydrogen (secondary N) is 1. The molecule has 11 heavy (non-hydrogen) atoms. The average Bonchev–Trinajstić information content (AvgIpc) is 1.82. The monoisotopic (exact) mass is 155 g/mol. The highest BCUT2D eigenvalue weighted by atomic mass is 16.5. The molecule has 0 aromatic heterocycles. The van der Waals surface area contributed by atoms with Gasteiger partial charge in [-0.25, -0.2) is 0 Å². The molecule has 0 radical (unpaired) electrons. The molecule has 0 bridgehead atoms. The van der Waals surface area contributed by atoms with Crippen molar-refractivity contribution in [1.82, 2.24) is 5.32 Å². The fourth-order valence-electron chi connectivity index (χ4n) is 2.07. The number of hydrogen-bond donors (Lipinski definition) is 1. The van der Waals surface area contributed by atoms with Crippen molar-refractivity contribution in [1.29, 1.82) is 0 Å². The van der Waals surface area contributed by atoms with Crippen LogP contribution in [0, 0.1) is 0 Å². The zero-order valence-corrected chi connectivity index (χ0v) is 7.07. The fraction of sp³-hybridized carbons (Fsp3) is 1.00. The third-order valence-electron chi connectivity index (χ3n) is 3.02. The van der Waals surface area contributed by atoms with Crippen LogP contribution in [0.1, 0.15) is 32.1 Å². The molecular formula is C9H17NO. The summed E-state index contributed by atoms with van der Waals surface area (Å²) in [7, 11) is 0. The Balaban J connectivity index is 1.86. The second-order valence-corrected chi connectivity index (χ2v) is 3.78. The van der Waals surface area contributed by atoms with Crippen LogP contribution in [0.4, 0.5) is 0 Å². The minimum atomic E-state index is 0.500. The zero-order chi connectivity index (χ0) is 7.57. The van der Waals surface area contributed by atoms with Crippen molar-refractivity contribution in [2.45, 2.75) is 37.6 Å². The molecule has 0 aromatic rings. The van der Waals surface area contributed by atoms with Crippen molar-refractivity contribution in [3.8, 4) is 0 Å². The van der Waals surface area contributed by atoms with Gasteiger partial charge in [0.05, 0.1) is 0 Å². The van der Waals surface area contributed by atoms with Gasteiger partial charge in [0, 0.05) is 18.8 Å². The Hall–Kier alpha value is -0.0800. The van der Waals surface area contributed by atoms with Crippen molar-refractivity contribution >= 4 is 0 Å². The Labute approximate surface area is 68.3 Å². The van der Waals surface area contributed by atoms with Crippen LogP contribution in [0.5, 0.6) is 0 Å². The van der Waals surface area contributed by atoms with E-state index in [9.17, 15) is 0 Å². The van der Waals surface area contributed by atoms with E-state index < -0.39 is 0 Å². The molecule has 0 aromatic carbocycles. The van der Waals surface area contributed by atoms with Gasteiger partial charge in [-0.2, -0.15) is 0 Å². The second-order valence-electron chi connectivity index (χ2n) is 3.78. The summed E-state index contributed by atoms with van der Waals surface area (Å²) in [6.45, 7) is 3.17. The molecule has 1 atom stereocenters. The first-order chi connectivity index (χ1) is 5.41. The molecule has 1 unspecified atom stereocenters. The van der Waals surface area contributed by atoms with Gasteiger partial charge in [-0.3, -0.25) is 0 Å². The SMILES string of the molecule is C1CCC2(CCN2)CCOC1. The van der Waals surface area contributed by atoms with E-state index in [0.29, 0.717) is 5.54 Å². The maximum Gasteiger partial charge on any atom is 0.0483 e. The summed E-state index contributed by atoms with van der Waals surface area (Å²) in [5.41, 5.74) is 0.500. The predicted octanol–water partition coefficient (Wildman–Crippen LogP) is 1.31. The highest BCUT2D eigenvalue weighted by Crippen LogP contribution is 2.30. The topological polar surface area (TPSA) is 21.3 Å². The maximum atomic E-state index is 5.47. The molecule has 2 fully saturated rings. The van der Waals surface area contributed by atoms with Gasteiger partial charge in [0.2, 0.25) is 0 Å². The molecule has 64 valence electrons. The molecule has 2 aliphatic rings. The molecule has 2 heteroatoms. The van der Waals surface area contributed by atoms with E-state index in [-0.39, 0.29) is 0 Å². The Morgan fingerprint density at radius 3 is 2.64 bits per heavy atom. The van der Waals surface area contributed by atoms with Gasteiger partial charge in [0.15, 0.2) is 0 Å². The van der Waals surface area contributed by atoms with Crippen molar-refractivity contribution in [2.24, 2.45) is 0 Å². The minimum absolute atomic E-state index is 0.500. The molecule has 2 rings (SSSR count). The van der Waals surface area contributed by atoms with Crippen LogP contribution in [-0.2, 0) is 4.74 Å². The summed E-state index contributed by atoms with van der Waals surface area (Å²) in [6.07, 6.45) is 6.57. The third kappa shape index (κ3) is 1.57. The molecule has 2 heterocycles. The van der Waals surface area contributed by atoms with Crippen molar-refractivity contribution in [3.63, 3.8) is 0 Å². The van der Waals surface area contributed by atoms with E-state index in [1.807, 2.05) is 0 Å². The van der Waals surface area contributed by atoms with Gasteiger partial charge in [0.1, 0.15) is 0 Å². The molecule has 2 saturated heterocycles. The van der Waals surface area contributed by atoms with Gasteiger partial charge >= 0.3 is 0 Å². The number of hydrogen-bond acceptors (Lipinski definition) is 2. The first kappa shape index (κ1) is 7.56. The fourth-order valence-corrected chi connectivity index (χ4v) is 2.07. The quantitative estimate of drug-likeness (QED) is 0.569. The van der Waals surface area contributed by atoms with Crippen LogP contribution in [-0.4, -0.2) is 25.3 Å². The lowest BCUT2D eigenvalue weighted by atomic mass is 9.80. The first-order valence-electron chi connectivity index (χ1n) is 4.74. The summed E-state index contributed by atoms with van der Waals surface area (Å²) in [4.78, 5) is 0. The van der Waals surface area contributed by atoms with Crippen LogP contribution in [0.2, 0.25) is 0 Å². The summed E-state index contributed by atoms with van der Waals surface area (Å²) < 4.78 is 5.47. The van der Waals surface area contributed by atoms with Gasteiger partial charge in [-0.15, -0.1) is 0 Å². The highest BCUT2D eigenvalue weighted by Gasteiger charge is 2.35. The first-order valence-corrected chi connectivity index (χ1v) is 4.74. The summed E-state index contributed by atoms with van der Waals surface area (Å²) in [5.74, 6) is 0. The molecule has 2 nitrogen and oxygen atoms in total. The molecule has 1 spiro atoms. The van der Waals surface area contributed by atoms with Crippen LogP contribution >= 0.6 is 0 Å². The minimum Gasteiger partial charge on any atom is -0.381 e. The summed E-state index contributed by atoms with van der Waals surface area (Å²) in [5, 5.41) is 3.55. The van der Waals surface area contributed by atoms with Gasteiger partial charge in [-0.05, 0) is 38.6 Å². The number of rotatable bonds is 0. The Morgan fingerprint density at radius 1 is 1.00 bits per heavy atom. The Bertz CT molecular complexity index is 122. The van der Waals surface area contributed by atoms with Crippen molar-refractivity contribution in [2.75, 3.05) is 19.8 Å². The van der Waals surface area contributed by atoms with Crippen molar-refractivity contribution in [3.05, 3.63) is 0 Å². The second kappa shape index (κ2) is 3.11. The third-order valence-corrected chi connectivity index (χ3v) is 3.02. The zero-order valence-electron chi connectivity index (χ0n) is 7.07. The maximum absolute atomic E-state index is 5.47. The van der Waals surface area contributed by atoms with E-state index in [1.54, 1.807) is 0 Å². The molecule has 1 N–H and O–H groups in total. The van der Waals surface area contributed by atoms with E-state index >= 15 is 0 Å². The smallest absolute Gasteiger partial charge is 0.0483 e. The summed E-state index contributed by atoms with van der Waals surface area (Å²) in [6, 6.07) is 0. The molecule has 0 amide bonds. The molecule has 0 aliphatic carbocycles. The van der Waals surface area contributed by atoms with Crippen LogP contribution < -0.4 is 5.32 Å². The summed E-state index contributed by atoms with van der Waals surface area (Å²) >= 11 is 0. The number of ether oxygens (including phenoxy) is 1. The normalized spacial score (nSPS) is 39.3. The molecular weight excluding hydrogens is 138 g/mol. The lowest BCUT2D eigenvalue weighted by Crippen LogP contribution is -2.57. The van der Waals surface area contributed by atoms with Crippen molar-refractivity contribution < 1.29 is 4.74 Å². The lowest BCUT2D eigenvalue weighted by molar-refractivity contribution is 0.0560. The van der Waals surface area contributed by atoms with E-state index in [0.717, 1.165) is 13.2 Å².